The average molecular weight is 387 g/mol. The Morgan fingerprint density at radius 1 is 1.41 bits per heavy atom. The van der Waals surface area contributed by atoms with Gasteiger partial charge in [-0.15, -0.1) is 0 Å². The van der Waals surface area contributed by atoms with Crippen molar-refractivity contribution in [1.82, 2.24) is 20.3 Å². The van der Waals surface area contributed by atoms with Gasteiger partial charge in [0, 0.05) is 35.6 Å². The molecule has 8 nitrogen and oxygen atoms in total. The van der Waals surface area contributed by atoms with Gasteiger partial charge in [0.15, 0.2) is 5.65 Å². The lowest BCUT2D eigenvalue weighted by molar-refractivity contribution is 0.0924. The molecular weight excluding hydrogens is 368 g/mol. The normalized spacial score (nSPS) is 12.0. The van der Waals surface area contributed by atoms with Gasteiger partial charge < -0.3 is 20.7 Å². The van der Waals surface area contributed by atoms with E-state index in [1.165, 1.54) is 12.4 Å². The van der Waals surface area contributed by atoms with Gasteiger partial charge in [-0.1, -0.05) is 11.6 Å². The van der Waals surface area contributed by atoms with Gasteiger partial charge >= 0.3 is 0 Å². The maximum atomic E-state index is 12.4. The third-order valence-electron chi connectivity index (χ3n) is 4.05. The first-order chi connectivity index (χ1) is 12.9. The van der Waals surface area contributed by atoms with E-state index in [1.807, 2.05) is 0 Å². The van der Waals surface area contributed by atoms with Gasteiger partial charge in [0.25, 0.3) is 5.91 Å². The SMILES string of the molecule is CNc1cc(Cl)ccc1C(=N)c1cnc2[nH]cc(C(=O)N[C@H](C)CO)c2n1. The van der Waals surface area contributed by atoms with Crippen molar-refractivity contribution in [3.05, 3.63) is 52.4 Å². The number of H-pyrrole nitrogens is 1. The molecule has 1 amide bonds. The molecule has 3 aromatic rings. The molecule has 0 unspecified atom stereocenters. The number of anilines is 1. The summed E-state index contributed by atoms with van der Waals surface area (Å²) in [5, 5.41) is 23.9. The Hall–Kier alpha value is -2.97. The summed E-state index contributed by atoms with van der Waals surface area (Å²) in [6.45, 7) is 1.53. The molecule has 0 aliphatic carbocycles. The highest BCUT2D eigenvalue weighted by Crippen LogP contribution is 2.23. The number of aliphatic hydroxyl groups is 1. The quantitative estimate of drug-likeness (QED) is 0.415. The Bertz CT molecular complexity index is 1020. The molecule has 2 heterocycles. The lowest BCUT2D eigenvalue weighted by atomic mass is 10.1. The van der Waals surface area contributed by atoms with E-state index in [1.54, 1.807) is 32.2 Å². The molecule has 0 saturated carbocycles. The molecule has 1 aromatic carbocycles. The molecule has 2 aromatic heterocycles. The predicted octanol–water partition coefficient (Wildman–Crippen LogP) is 2.18. The zero-order valence-electron chi connectivity index (χ0n) is 14.8. The van der Waals surface area contributed by atoms with E-state index in [0.717, 1.165) is 0 Å². The number of aromatic nitrogens is 3. The maximum absolute atomic E-state index is 12.4. The number of carbonyl (C=O) groups excluding carboxylic acids is 1. The van der Waals surface area contributed by atoms with Crippen LogP contribution in [0.4, 0.5) is 5.69 Å². The molecule has 1 atom stereocenters. The third kappa shape index (κ3) is 3.76. The highest BCUT2D eigenvalue weighted by Gasteiger charge is 2.18. The molecule has 0 spiro atoms. The van der Waals surface area contributed by atoms with E-state index in [-0.39, 0.29) is 24.3 Å². The Morgan fingerprint density at radius 2 is 2.19 bits per heavy atom. The van der Waals surface area contributed by atoms with Crippen LogP contribution in [0.2, 0.25) is 5.02 Å². The number of fused-ring (bicyclic) bond motifs is 1. The molecule has 140 valence electrons. The number of aliphatic hydroxyl groups excluding tert-OH is 1. The van der Waals surface area contributed by atoms with Crippen molar-refractivity contribution in [3.63, 3.8) is 0 Å². The van der Waals surface area contributed by atoms with Crippen molar-refractivity contribution in [2.75, 3.05) is 19.0 Å². The number of nitrogens with zero attached hydrogens (tertiary/aromatic N) is 2. The van der Waals surface area contributed by atoms with Gasteiger partial charge in [0.1, 0.15) is 11.2 Å². The van der Waals surface area contributed by atoms with Gasteiger partial charge in [-0.3, -0.25) is 10.2 Å². The van der Waals surface area contributed by atoms with E-state index in [9.17, 15) is 4.79 Å². The number of nitrogens with one attached hydrogen (secondary N) is 4. The Balaban J connectivity index is 2.00. The number of benzene rings is 1. The lowest BCUT2D eigenvalue weighted by Crippen LogP contribution is -2.34. The van der Waals surface area contributed by atoms with E-state index in [0.29, 0.717) is 38.7 Å². The summed E-state index contributed by atoms with van der Waals surface area (Å²) >= 11 is 6.01. The first-order valence-corrected chi connectivity index (χ1v) is 8.64. The van der Waals surface area contributed by atoms with Crippen LogP contribution in [0.1, 0.15) is 28.5 Å². The van der Waals surface area contributed by atoms with Crippen LogP contribution in [-0.4, -0.2) is 51.4 Å². The fourth-order valence-electron chi connectivity index (χ4n) is 2.61. The van der Waals surface area contributed by atoms with Crippen LogP contribution in [0.5, 0.6) is 0 Å². The molecule has 0 radical (unpaired) electrons. The third-order valence-corrected chi connectivity index (χ3v) is 4.29. The molecule has 0 saturated heterocycles. The fourth-order valence-corrected chi connectivity index (χ4v) is 2.78. The van der Waals surface area contributed by atoms with Crippen LogP contribution in [0.25, 0.3) is 11.2 Å². The lowest BCUT2D eigenvalue weighted by Gasteiger charge is -2.11. The largest absolute Gasteiger partial charge is 0.394 e. The number of hydrogen-bond donors (Lipinski definition) is 5. The standard InChI is InChI=1S/C18H19ClN6O2/c1-9(8-26)24-18(27)12-6-22-17-16(12)25-14(7-23-17)15(20)11-4-3-10(19)5-13(11)21-2/h3-7,9,20-21,26H,8H2,1-2H3,(H,22,23)(H,24,27)/t9-/m1/s1. The summed E-state index contributed by atoms with van der Waals surface area (Å²) < 4.78 is 0. The number of carbonyl (C=O) groups is 1. The van der Waals surface area contributed by atoms with Crippen molar-refractivity contribution < 1.29 is 9.90 Å². The molecule has 3 rings (SSSR count). The first-order valence-electron chi connectivity index (χ1n) is 8.27. The monoisotopic (exact) mass is 386 g/mol. The van der Waals surface area contributed by atoms with Gasteiger partial charge in [-0.2, -0.15) is 0 Å². The number of rotatable bonds is 6. The zero-order chi connectivity index (χ0) is 19.6. The van der Waals surface area contributed by atoms with E-state index in [4.69, 9.17) is 22.1 Å². The number of amides is 1. The van der Waals surface area contributed by atoms with Crippen molar-refractivity contribution in [1.29, 1.82) is 5.41 Å². The molecule has 9 heteroatoms. The molecule has 27 heavy (non-hydrogen) atoms. The Kier molecular flexibility index (Phi) is 5.38. The van der Waals surface area contributed by atoms with Crippen molar-refractivity contribution >= 4 is 40.1 Å². The van der Waals surface area contributed by atoms with Crippen LogP contribution in [0.3, 0.4) is 0 Å². The van der Waals surface area contributed by atoms with E-state index >= 15 is 0 Å². The highest BCUT2D eigenvalue weighted by atomic mass is 35.5. The molecule has 5 N–H and O–H groups in total. The number of halogens is 1. The second kappa shape index (κ2) is 7.73. The minimum atomic E-state index is -0.385. The van der Waals surface area contributed by atoms with Crippen molar-refractivity contribution in [3.8, 4) is 0 Å². The summed E-state index contributed by atoms with van der Waals surface area (Å²) in [5.41, 5.74) is 2.90. The molecule has 0 bridgehead atoms. The topological polar surface area (TPSA) is 127 Å². The average Bonchev–Trinajstić information content (AvgIpc) is 3.10. The minimum Gasteiger partial charge on any atom is -0.394 e. The second-order valence-electron chi connectivity index (χ2n) is 6.03. The number of hydrogen-bond acceptors (Lipinski definition) is 6. The van der Waals surface area contributed by atoms with Gasteiger partial charge in [0.2, 0.25) is 0 Å². The maximum Gasteiger partial charge on any atom is 0.255 e. The smallest absolute Gasteiger partial charge is 0.255 e. The van der Waals surface area contributed by atoms with Crippen LogP contribution in [0.15, 0.2) is 30.6 Å². The van der Waals surface area contributed by atoms with Crippen LogP contribution in [-0.2, 0) is 0 Å². The van der Waals surface area contributed by atoms with Crippen LogP contribution in [0, 0.1) is 5.41 Å². The highest BCUT2D eigenvalue weighted by molar-refractivity contribution is 6.31. The summed E-state index contributed by atoms with van der Waals surface area (Å²) in [6.07, 6.45) is 2.99. The zero-order valence-corrected chi connectivity index (χ0v) is 15.6. The Labute approximate surface area is 160 Å². The second-order valence-corrected chi connectivity index (χ2v) is 6.46. The summed E-state index contributed by atoms with van der Waals surface area (Å²) in [7, 11) is 1.74. The number of aromatic amines is 1. The van der Waals surface area contributed by atoms with Gasteiger partial charge in [0.05, 0.1) is 24.1 Å². The van der Waals surface area contributed by atoms with Crippen molar-refractivity contribution in [2.45, 2.75) is 13.0 Å². The summed E-state index contributed by atoms with van der Waals surface area (Å²) in [4.78, 5) is 24.0. The summed E-state index contributed by atoms with van der Waals surface area (Å²) in [5.74, 6) is -0.372. The summed E-state index contributed by atoms with van der Waals surface area (Å²) in [6, 6.07) is 4.77. The van der Waals surface area contributed by atoms with E-state index in [2.05, 4.69) is 25.6 Å². The predicted molar refractivity (Wildman–Crippen MR) is 105 cm³/mol. The van der Waals surface area contributed by atoms with Crippen LogP contribution < -0.4 is 10.6 Å². The Morgan fingerprint density at radius 3 is 2.89 bits per heavy atom. The molecule has 0 fully saturated rings. The van der Waals surface area contributed by atoms with Crippen LogP contribution >= 0.6 is 11.6 Å². The molecular formula is C18H19ClN6O2. The molecule has 0 aliphatic heterocycles. The first kappa shape index (κ1) is 18.8. The van der Waals surface area contributed by atoms with Gasteiger partial charge in [-0.05, 0) is 25.1 Å². The van der Waals surface area contributed by atoms with Crippen molar-refractivity contribution in [2.24, 2.45) is 0 Å². The van der Waals surface area contributed by atoms with E-state index < -0.39 is 0 Å². The van der Waals surface area contributed by atoms with Gasteiger partial charge in [-0.25, -0.2) is 9.97 Å². The fraction of sp³-hybridized carbons (Fsp3) is 0.222. The minimum absolute atomic E-state index is 0.154. The molecule has 0 aliphatic rings.